The molecule has 2 saturated heterocycles. The Kier molecular flexibility index (Phi) is 15.7. The molecule has 16 heteroatoms. The molecule has 5 heterocycles. The molecule has 3 aliphatic heterocycles. The van der Waals surface area contributed by atoms with Crippen molar-refractivity contribution in [3.63, 3.8) is 0 Å². The largest absolute Gasteiger partial charge is 0.464 e. The number of likely N-dealkylation sites (tertiary alicyclic amines) is 1. The molecular weight excluding hydrogens is 889 g/mol. The van der Waals surface area contributed by atoms with Gasteiger partial charge in [-0.15, -0.1) is 0 Å². The number of likely N-dealkylation sites (N-methyl/N-ethyl adjacent to an activating group) is 1. The summed E-state index contributed by atoms with van der Waals surface area (Å²) in [6, 6.07) is 13.6. The third-order valence-electron chi connectivity index (χ3n) is 14.0. The van der Waals surface area contributed by atoms with Gasteiger partial charge in [0.15, 0.2) is 5.60 Å². The van der Waals surface area contributed by atoms with Crippen molar-refractivity contribution in [1.29, 1.82) is 0 Å². The number of β-amino-alcohol motifs (C(OH)–C–C–N with tert-alkyl or cyclic N) is 1. The lowest BCUT2D eigenvalue weighted by atomic mass is 9.84. The first-order valence-electron chi connectivity index (χ1n) is 24.6. The number of esters is 1. The average Bonchev–Trinajstić information content (AvgIpc) is 3.89. The summed E-state index contributed by atoms with van der Waals surface area (Å²) in [7, 11) is 7.23. The number of aryl methyl sites for hydroxylation is 1. The van der Waals surface area contributed by atoms with Gasteiger partial charge < -0.3 is 39.2 Å². The van der Waals surface area contributed by atoms with E-state index in [9.17, 15) is 29.1 Å². The molecule has 3 N–H and O–H groups in total. The minimum absolute atomic E-state index is 0.00178. The second-order valence-corrected chi connectivity index (χ2v) is 20.8. The third kappa shape index (κ3) is 10.8. The van der Waals surface area contributed by atoms with E-state index in [1.807, 2.05) is 51.5 Å². The lowest BCUT2D eigenvalue weighted by Crippen LogP contribution is -2.63. The van der Waals surface area contributed by atoms with E-state index in [2.05, 4.69) is 71.8 Å². The number of hydrogen-bond donors (Lipinski definition) is 3. The molecule has 2 fully saturated rings. The van der Waals surface area contributed by atoms with Gasteiger partial charge in [0.25, 0.3) is 11.8 Å². The quantitative estimate of drug-likeness (QED) is 0.122. The fraction of sp³-hybridized carbons (Fsp3) is 0.519. The molecule has 70 heavy (non-hydrogen) atoms. The van der Waals surface area contributed by atoms with E-state index in [-0.39, 0.29) is 45.2 Å². The molecule has 376 valence electrons. The molecule has 0 radical (unpaired) electrons. The van der Waals surface area contributed by atoms with Crippen LogP contribution < -0.4 is 10.7 Å². The topological polar surface area (TPSA) is 179 Å². The number of nitrogens with zero attached hydrogens (tertiary/aromatic N) is 6. The number of hydrazine groups is 1. The molecular formula is C54H72N8O8. The highest BCUT2D eigenvalue weighted by Crippen LogP contribution is 2.42. The number of rotatable bonds is 12. The number of methoxy groups -OCH3 is 1. The number of carbonyl (C=O) groups excluding carboxylic acids is 5. The Hall–Kier alpha value is -5.94. The highest BCUT2D eigenvalue weighted by molar-refractivity contribution is 5.97. The highest BCUT2D eigenvalue weighted by atomic mass is 16.5. The number of amides is 4. The number of carbonyl (C=O) groups is 5. The number of cyclic esters (lactones) is 1. The smallest absolute Gasteiger partial charge is 0.324 e. The predicted octanol–water partition coefficient (Wildman–Crippen LogP) is 5.44. The molecule has 7 rings (SSSR count). The molecule has 1 unspecified atom stereocenters. The normalized spacial score (nSPS) is 21.6. The Morgan fingerprint density at radius 1 is 1.07 bits per heavy atom. The number of benzene rings is 2. The van der Waals surface area contributed by atoms with Crippen molar-refractivity contribution in [2.24, 2.45) is 11.3 Å². The molecule has 6 bridgehead atoms. The van der Waals surface area contributed by atoms with Crippen LogP contribution in [0.2, 0.25) is 0 Å². The number of hydrogen-bond acceptors (Lipinski definition) is 11. The first-order chi connectivity index (χ1) is 33.2. The van der Waals surface area contributed by atoms with E-state index >= 15 is 0 Å². The van der Waals surface area contributed by atoms with Crippen LogP contribution in [0, 0.1) is 11.3 Å². The average molecular weight is 961 g/mol. The van der Waals surface area contributed by atoms with Crippen LogP contribution in [-0.2, 0) is 59.4 Å². The van der Waals surface area contributed by atoms with Crippen LogP contribution in [0.4, 0.5) is 0 Å². The van der Waals surface area contributed by atoms with Crippen LogP contribution >= 0.6 is 0 Å². The van der Waals surface area contributed by atoms with Gasteiger partial charge >= 0.3 is 5.97 Å². The zero-order chi connectivity index (χ0) is 50.8. The summed E-state index contributed by atoms with van der Waals surface area (Å²) in [6.45, 7) is 17.2. The number of pyridine rings is 1. The lowest BCUT2D eigenvalue weighted by molar-refractivity contribution is -0.156. The minimum atomic E-state index is -1.90. The maximum Gasteiger partial charge on any atom is 0.324 e. The van der Waals surface area contributed by atoms with Gasteiger partial charge in [-0.3, -0.25) is 34.0 Å². The van der Waals surface area contributed by atoms with Crippen LogP contribution in [0.15, 0.2) is 67.4 Å². The number of ether oxygens (including phenoxy) is 2. The zero-order valence-corrected chi connectivity index (χ0v) is 42.6. The predicted molar refractivity (Wildman–Crippen MR) is 269 cm³/mol. The highest BCUT2D eigenvalue weighted by Gasteiger charge is 2.48. The van der Waals surface area contributed by atoms with Crippen molar-refractivity contribution in [3.8, 4) is 22.4 Å². The van der Waals surface area contributed by atoms with Crippen LogP contribution in [0.3, 0.4) is 0 Å². The maximum absolute atomic E-state index is 14.8. The second-order valence-electron chi connectivity index (χ2n) is 20.8. The van der Waals surface area contributed by atoms with Crippen molar-refractivity contribution >= 4 is 40.5 Å². The summed E-state index contributed by atoms with van der Waals surface area (Å²) >= 11 is 0. The third-order valence-corrected chi connectivity index (χ3v) is 14.0. The fourth-order valence-electron chi connectivity index (χ4n) is 10.5. The summed E-state index contributed by atoms with van der Waals surface area (Å²) in [6.07, 6.45) is 4.37. The van der Waals surface area contributed by atoms with E-state index < -0.39 is 64.7 Å². The fourth-order valence-corrected chi connectivity index (χ4v) is 10.5. The van der Waals surface area contributed by atoms with E-state index in [0.29, 0.717) is 32.4 Å². The summed E-state index contributed by atoms with van der Waals surface area (Å²) in [5.74, 6) is -3.05. The van der Waals surface area contributed by atoms with Gasteiger partial charge in [0, 0.05) is 81.3 Å². The summed E-state index contributed by atoms with van der Waals surface area (Å²) in [5.41, 5.74) is 9.43. The molecule has 5 atom stereocenters. The Labute approximate surface area is 412 Å². The van der Waals surface area contributed by atoms with Crippen molar-refractivity contribution in [1.82, 2.24) is 40.0 Å². The number of aromatic nitrogens is 2. The van der Waals surface area contributed by atoms with E-state index in [4.69, 9.17) is 14.5 Å². The molecule has 4 aromatic rings. The Morgan fingerprint density at radius 2 is 1.81 bits per heavy atom. The number of aliphatic hydroxyl groups is 1. The van der Waals surface area contributed by atoms with Gasteiger partial charge in [0.2, 0.25) is 11.8 Å². The summed E-state index contributed by atoms with van der Waals surface area (Å²) < 4.78 is 14.4. The zero-order valence-electron chi connectivity index (χ0n) is 42.6. The Bertz CT molecular complexity index is 2640. The molecule has 0 spiro atoms. The van der Waals surface area contributed by atoms with Gasteiger partial charge in [0.1, 0.15) is 18.1 Å². The number of fused-ring (bicyclic) bond motifs is 6. The summed E-state index contributed by atoms with van der Waals surface area (Å²) in [4.78, 5) is 79.5. The van der Waals surface area contributed by atoms with E-state index in [1.165, 1.54) is 21.9 Å². The molecule has 4 amide bonds. The van der Waals surface area contributed by atoms with Gasteiger partial charge in [0.05, 0.1) is 30.6 Å². The Balaban J connectivity index is 1.32. The SMILES string of the molecule is C=CC(=O)N1CCC(O)(C(=O)N(C)[C@H](C(=O)N[C@H]2Cc3cccc(c3)-c3ccc4c(c3)c(c(-c3cc(CN(C)C)cnc3[C@H](C)OC)n4CC)CC(C)(C)COC(=O)[C@@H]3CCCN(N3)C2=O)C(C)C)C1. The van der Waals surface area contributed by atoms with Crippen LogP contribution in [0.25, 0.3) is 33.3 Å². The van der Waals surface area contributed by atoms with Gasteiger partial charge in [-0.2, -0.15) is 0 Å². The molecule has 0 saturated carbocycles. The van der Waals surface area contributed by atoms with E-state index in [1.54, 1.807) is 21.0 Å². The van der Waals surface area contributed by atoms with Crippen molar-refractivity contribution in [2.75, 3.05) is 54.5 Å². The van der Waals surface area contributed by atoms with Crippen LogP contribution in [0.5, 0.6) is 0 Å². The minimum Gasteiger partial charge on any atom is -0.464 e. The summed E-state index contributed by atoms with van der Waals surface area (Å²) in [5, 5.41) is 17.0. The molecule has 16 nitrogen and oxygen atoms in total. The van der Waals surface area contributed by atoms with Gasteiger partial charge in [-0.1, -0.05) is 64.6 Å². The van der Waals surface area contributed by atoms with Crippen LogP contribution in [-0.4, -0.2) is 142 Å². The first kappa shape index (κ1) is 51.9. The van der Waals surface area contributed by atoms with Crippen molar-refractivity contribution < 1.29 is 38.6 Å². The van der Waals surface area contributed by atoms with Crippen molar-refractivity contribution in [2.45, 2.75) is 117 Å². The van der Waals surface area contributed by atoms with Gasteiger partial charge in [-0.05, 0) is 105 Å². The standard InChI is InChI=1S/C54H72N8O8/c1-12-45(63)60-23-21-54(68,31-60)52(67)59(10)47(33(3)4)49(64)56-43-26-35-16-14-17-37(24-35)38-19-20-44-39(27-38)41(28-53(6,7)32-70-51(66)42-18-15-22-62(57-42)50(43)65)48(61(44)13-2)40-25-36(30-58(8)9)29-55-46(40)34(5)69-11/h12,14,16-17,19-20,24-25,27,29,33-34,42-43,47,57,68H,1,13,15,18,21-23,26,28,30-32H2,2-11H3,(H,56,64)/t34-,42-,43-,47-,54?/m0/s1. The molecule has 2 aromatic carbocycles. The van der Waals surface area contributed by atoms with Crippen molar-refractivity contribution in [3.05, 3.63) is 89.8 Å². The molecule has 3 aliphatic rings. The number of nitrogens with one attached hydrogen (secondary N) is 2. The van der Waals surface area contributed by atoms with Crippen LogP contribution in [0.1, 0.15) is 89.3 Å². The molecule has 2 aromatic heterocycles. The Morgan fingerprint density at radius 3 is 2.50 bits per heavy atom. The second kappa shape index (κ2) is 21.2. The first-order valence-corrected chi connectivity index (χ1v) is 24.6. The molecule has 0 aliphatic carbocycles. The van der Waals surface area contributed by atoms with E-state index in [0.717, 1.165) is 61.7 Å². The maximum atomic E-state index is 14.8. The lowest BCUT2D eigenvalue weighted by Gasteiger charge is -2.37. The van der Waals surface area contributed by atoms with Gasteiger partial charge in [-0.25, -0.2) is 5.43 Å². The monoisotopic (exact) mass is 961 g/mol.